The molecule has 6 heteroatoms. The summed E-state index contributed by atoms with van der Waals surface area (Å²) in [6.45, 7) is 7.46. The molecule has 2 aromatic heterocycles. The van der Waals surface area contributed by atoms with Crippen LogP contribution in [-0.4, -0.2) is 14.5 Å². The van der Waals surface area contributed by atoms with E-state index in [1.165, 1.54) is 21.8 Å². The first kappa shape index (κ1) is 16.7. The maximum absolute atomic E-state index is 12.5. The largest absolute Gasteiger partial charge is 0.487 e. The standard InChI is InChI=1S/C18H20N2O3S/c1-11-5-7-14(8-6-11)23-10-13-9-15(21)20-16(18(3,4)22)12(2)24-17(20)19-13/h5-9,22H,10H2,1-4H3. The van der Waals surface area contributed by atoms with Gasteiger partial charge < -0.3 is 9.84 Å². The Bertz CT molecular complexity index is 934. The summed E-state index contributed by atoms with van der Waals surface area (Å²) in [4.78, 5) is 18.5. The Morgan fingerprint density at radius 1 is 1.25 bits per heavy atom. The number of rotatable bonds is 4. The SMILES string of the molecule is Cc1ccc(OCc2cc(=O)n3c(C(C)(C)O)c(C)sc3n2)cc1. The van der Waals surface area contributed by atoms with Crippen molar-refractivity contribution in [3.63, 3.8) is 0 Å². The quantitative estimate of drug-likeness (QED) is 0.789. The van der Waals surface area contributed by atoms with Crippen LogP contribution in [0.3, 0.4) is 0 Å². The summed E-state index contributed by atoms with van der Waals surface area (Å²) in [7, 11) is 0. The van der Waals surface area contributed by atoms with Crippen molar-refractivity contribution in [2.75, 3.05) is 0 Å². The number of aryl methyl sites for hydroxylation is 2. The minimum Gasteiger partial charge on any atom is -0.487 e. The first-order valence-corrected chi connectivity index (χ1v) is 8.52. The Hall–Kier alpha value is -2.18. The first-order chi connectivity index (χ1) is 11.3. The number of hydrogen-bond acceptors (Lipinski definition) is 5. The number of benzene rings is 1. The van der Waals surface area contributed by atoms with E-state index in [1.807, 2.05) is 38.1 Å². The second-order valence-electron chi connectivity index (χ2n) is 6.37. The first-order valence-electron chi connectivity index (χ1n) is 7.70. The summed E-state index contributed by atoms with van der Waals surface area (Å²) in [5.41, 5.74) is 1.01. The zero-order chi connectivity index (χ0) is 17.5. The molecule has 24 heavy (non-hydrogen) atoms. The van der Waals surface area contributed by atoms with Crippen molar-refractivity contribution >= 4 is 16.3 Å². The molecule has 1 N–H and O–H groups in total. The van der Waals surface area contributed by atoms with Gasteiger partial charge in [-0.2, -0.15) is 0 Å². The predicted molar refractivity (Wildman–Crippen MR) is 94.8 cm³/mol. The van der Waals surface area contributed by atoms with E-state index in [4.69, 9.17) is 4.74 Å². The van der Waals surface area contributed by atoms with Gasteiger partial charge in [0.05, 0.1) is 11.4 Å². The molecule has 1 aromatic carbocycles. The molecule has 0 bridgehead atoms. The van der Waals surface area contributed by atoms with Gasteiger partial charge in [0, 0.05) is 10.9 Å². The van der Waals surface area contributed by atoms with E-state index in [0.717, 1.165) is 16.2 Å². The molecule has 0 aliphatic heterocycles. The van der Waals surface area contributed by atoms with Gasteiger partial charge >= 0.3 is 0 Å². The molecule has 0 saturated carbocycles. The lowest BCUT2D eigenvalue weighted by Crippen LogP contribution is -2.26. The van der Waals surface area contributed by atoms with Crippen LogP contribution in [0.5, 0.6) is 5.75 Å². The minimum absolute atomic E-state index is 0.205. The topological polar surface area (TPSA) is 63.8 Å². The van der Waals surface area contributed by atoms with E-state index in [-0.39, 0.29) is 12.2 Å². The lowest BCUT2D eigenvalue weighted by Gasteiger charge is -2.17. The summed E-state index contributed by atoms with van der Waals surface area (Å²) in [5.74, 6) is 0.738. The third-order valence-electron chi connectivity index (χ3n) is 3.73. The van der Waals surface area contributed by atoms with Crippen molar-refractivity contribution in [1.82, 2.24) is 9.38 Å². The Kier molecular flexibility index (Phi) is 4.19. The summed E-state index contributed by atoms with van der Waals surface area (Å²) in [6, 6.07) is 9.19. The van der Waals surface area contributed by atoms with Gasteiger partial charge in [-0.3, -0.25) is 9.20 Å². The van der Waals surface area contributed by atoms with Crippen molar-refractivity contribution in [2.45, 2.75) is 39.9 Å². The highest BCUT2D eigenvalue weighted by Crippen LogP contribution is 2.29. The lowest BCUT2D eigenvalue weighted by molar-refractivity contribution is 0.0722. The molecule has 0 aliphatic carbocycles. The molecule has 126 valence electrons. The number of nitrogens with zero attached hydrogens (tertiary/aromatic N) is 2. The zero-order valence-corrected chi connectivity index (χ0v) is 15.0. The predicted octanol–water partition coefficient (Wildman–Crippen LogP) is 3.18. The number of ether oxygens (including phenoxy) is 1. The van der Waals surface area contributed by atoms with E-state index in [1.54, 1.807) is 13.8 Å². The molecule has 0 unspecified atom stereocenters. The van der Waals surface area contributed by atoms with Crippen LogP contribution in [0, 0.1) is 13.8 Å². The summed E-state index contributed by atoms with van der Waals surface area (Å²) in [6.07, 6.45) is 0. The molecule has 0 aliphatic rings. The van der Waals surface area contributed by atoms with Crippen LogP contribution >= 0.6 is 11.3 Å². The number of aromatic nitrogens is 2. The molecule has 3 rings (SSSR count). The van der Waals surface area contributed by atoms with Gasteiger partial charge in [-0.25, -0.2) is 4.98 Å². The van der Waals surface area contributed by atoms with Gasteiger partial charge in [0.25, 0.3) is 5.56 Å². The number of aliphatic hydroxyl groups is 1. The zero-order valence-electron chi connectivity index (χ0n) is 14.2. The second kappa shape index (κ2) is 6.03. The number of fused-ring (bicyclic) bond motifs is 1. The summed E-state index contributed by atoms with van der Waals surface area (Å²) >= 11 is 1.39. The normalized spacial score (nSPS) is 11.9. The molecule has 0 radical (unpaired) electrons. The highest BCUT2D eigenvalue weighted by atomic mass is 32.1. The van der Waals surface area contributed by atoms with E-state index in [2.05, 4.69) is 4.98 Å². The van der Waals surface area contributed by atoms with Crippen molar-refractivity contribution in [3.05, 3.63) is 62.5 Å². The van der Waals surface area contributed by atoms with Gasteiger partial charge in [-0.15, -0.1) is 11.3 Å². The van der Waals surface area contributed by atoms with Crippen molar-refractivity contribution in [2.24, 2.45) is 0 Å². The van der Waals surface area contributed by atoms with Crippen LogP contribution in [0.4, 0.5) is 0 Å². The smallest absolute Gasteiger partial charge is 0.259 e. The van der Waals surface area contributed by atoms with Crippen LogP contribution < -0.4 is 10.3 Å². The lowest BCUT2D eigenvalue weighted by atomic mass is 10.0. The molecule has 5 nitrogen and oxygen atoms in total. The maximum atomic E-state index is 12.5. The van der Waals surface area contributed by atoms with Gasteiger partial charge in [0.1, 0.15) is 18.0 Å². The van der Waals surface area contributed by atoms with Gasteiger partial charge in [0.15, 0.2) is 4.96 Å². The Morgan fingerprint density at radius 3 is 2.54 bits per heavy atom. The van der Waals surface area contributed by atoms with Crippen molar-refractivity contribution in [3.8, 4) is 5.75 Å². The molecular formula is C18H20N2O3S. The molecule has 0 spiro atoms. The average molecular weight is 344 g/mol. The fourth-order valence-electron chi connectivity index (χ4n) is 2.69. The van der Waals surface area contributed by atoms with E-state index >= 15 is 0 Å². The summed E-state index contributed by atoms with van der Waals surface area (Å²) < 4.78 is 7.18. The van der Waals surface area contributed by atoms with Gasteiger partial charge in [-0.1, -0.05) is 17.7 Å². The van der Waals surface area contributed by atoms with Crippen molar-refractivity contribution < 1.29 is 9.84 Å². The van der Waals surface area contributed by atoms with Gasteiger partial charge in [0.2, 0.25) is 0 Å². The van der Waals surface area contributed by atoms with Crippen LogP contribution in [-0.2, 0) is 12.2 Å². The highest BCUT2D eigenvalue weighted by Gasteiger charge is 2.25. The minimum atomic E-state index is -1.10. The number of thiazole rings is 1. The average Bonchev–Trinajstić information content (AvgIpc) is 2.83. The third kappa shape index (κ3) is 3.20. The Labute approximate surface area is 144 Å². The fraction of sp³-hybridized carbons (Fsp3) is 0.333. The molecule has 2 heterocycles. The summed E-state index contributed by atoms with van der Waals surface area (Å²) in [5, 5.41) is 10.3. The molecule has 0 atom stereocenters. The maximum Gasteiger partial charge on any atom is 0.259 e. The fourth-order valence-corrected chi connectivity index (χ4v) is 3.84. The molecule has 0 saturated heterocycles. The second-order valence-corrected chi connectivity index (χ2v) is 7.55. The monoisotopic (exact) mass is 344 g/mol. The van der Waals surface area contributed by atoms with E-state index in [9.17, 15) is 9.90 Å². The van der Waals surface area contributed by atoms with Crippen LogP contribution in [0.25, 0.3) is 4.96 Å². The third-order valence-corrected chi connectivity index (χ3v) is 4.69. The van der Waals surface area contributed by atoms with Crippen LogP contribution in [0.2, 0.25) is 0 Å². The van der Waals surface area contributed by atoms with Crippen LogP contribution in [0.15, 0.2) is 35.1 Å². The van der Waals surface area contributed by atoms with Gasteiger partial charge in [-0.05, 0) is 39.8 Å². The highest BCUT2D eigenvalue weighted by molar-refractivity contribution is 7.17. The molecule has 0 amide bonds. The molecule has 3 aromatic rings. The molecule has 0 fully saturated rings. The molecular weight excluding hydrogens is 324 g/mol. The van der Waals surface area contributed by atoms with E-state index in [0.29, 0.717) is 16.3 Å². The van der Waals surface area contributed by atoms with E-state index < -0.39 is 5.60 Å². The van der Waals surface area contributed by atoms with Crippen LogP contribution in [0.1, 0.15) is 35.7 Å². The number of hydrogen-bond donors (Lipinski definition) is 1. The van der Waals surface area contributed by atoms with Crippen molar-refractivity contribution in [1.29, 1.82) is 0 Å². The Balaban J connectivity index is 1.94. The Morgan fingerprint density at radius 2 is 1.92 bits per heavy atom.